The number of H-pyrrole nitrogens is 1. The molecule has 2 heterocycles. The Morgan fingerprint density at radius 3 is 2.90 bits per heavy atom. The minimum atomic E-state index is 0.0418. The van der Waals surface area contributed by atoms with Crippen LogP contribution in [0.3, 0.4) is 0 Å². The van der Waals surface area contributed by atoms with Gasteiger partial charge in [0.25, 0.3) is 5.91 Å². The number of carbonyl (C=O) groups is 1. The van der Waals surface area contributed by atoms with Gasteiger partial charge in [-0.1, -0.05) is 18.2 Å². The molecule has 4 nitrogen and oxygen atoms in total. The quantitative estimate of drug-likeness (QED) is 0.803. The van der Waals surface area contributed by atoms with Crippen LogP contribution in [0.25, 0.3) is 10.1 Å². The van der Waals surface area contributed by atoms with Crippen LogP contribution in [0.5, 0.6) is 0 Å². The number of nitrogens with zero attached hydrogens (tertiary/aromatic N) is 2. The molecule has 102 valence electrons. The number of hydrogen-bond donors (Lipinski definition) is 1. The second-order valence-electron chi connectivity index (χ2n) is 4.75. The number of carbonyl (C=O) groups excluding carboxylic acids is 1. The Balaban J connectivity index is 1.90. The van der Waals surface area contributed by atoms with E-state index in [0.29, 0.717) is 6.54 Å². The summed E-state index contributed by atoms with van der Waals surface area (Å²) in [7, 11) is 1.80. The Kier molecular flexibility index (Phi) is 3.28. The number of nitrogens with one attached hydrogen (secondary N) is 1. The van der Waals surface area contributed by atoms with Crippen LogP contribution in [0.15, 0.2) is 36.7 Å². The lowest BCUT2D eigenvalue weighted by Crippen LogP contribution is -2.26. The van der Waals surface area contributed by atoms with Gasteiger partial charge >= 0.3 is 0 Å². The monoisotopic (exact) mass is 285 g/mol. The molecule has 3 rings (SSSR count). The zero-order valence-electron chi connectivity index (χ0n) is 11.4. The average molecular weight is 285 g/mol. The van der Waals surface area contributed by atoms with Gasteiger partial charge in [0.1, 0.15) is 5.82 Å². The molecule has 0 atom stereocenters. The van der Waals surface area contributed by atoms with Crippen LogP contribution in [0.4, 0.5) is 0 Å². The largest absolute Gasteiger partial charge is 0.347 e. The third-order valence-corrected chi connectivity index (χ3v) is 4.59. The first-order valence-electron chi connectivity index (χ1n) is 6.38. The van der Waals surface area contributed by atoms with E-state index in [1.54, 1.807) is 35.7 Å². The van der Waals surface area contributed by atoms with Crippen LogP contribution in [0, 0.1) is 6.92 Å². The van der Waals surface area contributed by atoms with Crippen molar-refractivity contribution in [3.8, 4) is 0 Å². The normalized spacial score (nSPS) is 10.9. The van der Waals surface area contributed by atoms with E-state index in [4.69, 9.17) is 0 Å². The number of aromatic amines is 1. The Hall–Kier alpha value is -2.14. The van der Waals surface area contributed by atoms with E-state index < -0.39 is 0 Å². The van der Waals surface area contributed by atoms with Crippen LogP contribution in [-0.2, 0) is 6.54 Å². The predicted octanol–water partition coefficient (Wildman–Crippen LogP) is 3.21. The number of aromatic nitrogens is 2. The van der Waals surface area contributed by atoms with E-state index in [-0.39, 0.29) is 5.91 Å². The second-order valence-corrected chi connectivity index (χ2v) is 5.80. The van der Waals surface area contributed by atoms with Gasteiger partial charge in [-0.15, -0.1) is 11.3 Å². The smallest absolute Gasteiger partial charge is 0.264 e. The van der Waals surface area contributed by atoms with Gasteiger partial charge in [0.05, 0.1) is 11.4 Å². The number of aryl methyl sites for hydroxylation is 1. The highest BCUT2D eigenvalue weighted by molar-refractivity contribution is 7.21. The van der Waals surface area contributed by atoms with Crippen molar-refractivity contribution < 1.29 is 4.79 Å². The maximum Gasteiger partial charge on any atom is 0.264 e. The third kappa shape index (κ3) is 2.20. The molecule has 1 aromatic carbocycles. The van der Waals surface area contributed by atoms with Gasteiger partial charge in [-0.3, -0.25) is 4.79 Å². The minimum absolute atomic E-state index is 0.0418. The Bertz CT molecular complexity index is 746. The summed E-state index contributed by atoms with van der Waals surface area (Å²) in [5.74, 6) is 0.833. The van der Waals surface area contributed by atoms with Gasteiger partial charge < -0.3 is 9.88 Å². The van der Waals surface area contributed by atoms with Crippen molar-refractivity contribution in [1.29, 1.82) is 0 Å². The van der Waals surface area contributed by atoms with Gasteiger partial charge in [-0.25, -0.2) is 4.98 Å². The Morgan fingerprint density at radius 1 is 1.40 bits per heavy atom. The molecule has 5 heteroatoms. The number of amides is 1. The summed E-state index contributed by atoms with van der Waals surface area (Å²) in [6.45, 7) is 2.49. The standard InChI is InChI=1S/C15H15N3OS/c1-10-11-5-3-4-6-12(11)20-14(10)15(19)18(2)9-13-16-7-8-17-13/h3-8H,9H2,1-2H3,(H,16,17). The van der Waals surface area contributed by atoms with Crippen LogP contribution in [-0.4, -0.2) is 27.8 Å². The van der Waals surface area contributed by atoms with E-state index in [0.717, 1.165) is 26.4 Å². The number of hydrogen-bond acceptors (Lipinski definition) is 3. The Labute approximate surface area is 121 Å². The average Bonchev–Trinajstić information content (AvgIpc) is 3.07. The predicted molar refractivity (Wildman–Crippen MR) is 80.9 cm³/mol. The number of thiophene rings is 1. The van der Waals surface area contributed by atoms with Crippen molar-refractivity contribution in [2.24, 2.45) is 0 Å². The third-order valence-electron chi connectivity index (χ3n) is 3.33. The highest BCUT2D eigenvalue weighted by Crippen LogP contribution is 2.31. The molecule has 0 unspecified atom stereocenters. The highest BCUT2D eigenvalue weighted by Gasteiger charge is 2.19. The van der Waals surface area contributed by atoms with Crippen molar-refractivity contribution in [3.05, 3.63) is 52.9 Å². The maximum absolute atomic E-state index is 12.6. The van der Waals surface area contributed by atoms with Crippen LogP contribution in [0.2, 0.25) is 0 Å². The summed E-state index contributed by atoms with van der Waals surface area (Å²) in [6, 6.07) is 8.11. The summed E-state index contributed by atoms with van der Waals surface area (Å²) < 4.78 is 1.15. The number of imidazole rings is 1. The topological polar surface area (TPSA) is 49.0 Å². The molecule has 0 aliphatic carbocycles. The van der Waals surface area contributed by atoms with Gasteiger partial charge in [0.2, 0.25) is 0 Å². The van der Waals surface area contributed by atoms with E-state index >= 15 is 0 Å². The first kappa shape index (κ1) is 12.9. The maximum atomic E-state index is 12.6. The summed E-state index contributed by atoms with van der Waals surface area (Å²) in [6.07, 6.45) is 3.46. The fraction of sp³-hybridized carbons (Fsp3) is 0.200. The minimum Gasteiger partial charge on any atom is -0.347 e. The lowest BCUT2D eigenvalue weighted by molar-refractivity contribution is 0.0786. The molecule has 0 fully saturated rings. The molecule has 0 aliphatic rings. The van der Waals surface area contributed by atoms with Crippen LogP contribution < -0.4 is 0 Å². The summed E-state index contributed by atoms with van der Waals surface area (Å²) >= 11 is 1.55. The van der Waals surface area contributed by atoms with E-state index in [9.17, 15) is 4.79 Å². The molecular weight excluding hydrogens is 270 g/mol. The molecule has 0 bridgehead atoms. The molecule has 0 spiro atoms. The lowest BCUT2D eigenvalue weighted by Gasteiger charge is -2.15. The SMILES string of the molecule is Cc1c(C(=O)N(C)Cc2ncc[nH]2)sc2ccccc12. The number of benzene rings is 1. The molecule has 0 aliphatic heterocycles. The number of fused-ring (bicyclic) bond motifs is 1. The van der Waals surface area contributed by atoms with Gasteiger partial charge in [0.15, 0.2) is 0 Å². The molecule has 1 N–H and O–H groups in total. The summed E-state index contributed by atoms with van der Waals surface area (Å²) in [5, 5.41) is 1.16. The van der Waals surface area contributed by atoms with Crippen LogP contribution >= 0.6 is 11.3 Å². The van der Waals surface area contributed by atoms with E-state index in [1.807, 2.05) is 19.1 Å². The first-order chi connectivity index (χ1) is 9.66. The fourth-order valence-corrected chi connectivity index (χ4v) is 3.44. The van der Waals surface area contributed by atoms with Gasteiger partial charge in [0, 0.05) is 24.1 Å². The molecule has 2 aromatic heterocycles. The van der Waals surface area contributed by atoms with E-state index in [2.05, 4.69) is 22.1 Å². The van der Waals surface area contributed by atoms with Crippen molar-refractivity contribution in [3.63, 3.8) is 0 Å². The molecule has 0 saturated carbocycles. The van der Waals surface area contributed by atoms with E-state index in [1.165, 1.54) is 0 Å². The summed E-state index contributed by atoms with van der Waals surface area (Å²) in [5.41, 5.74) is 1.06. The fourth-order valence-electron chi connectivity index (χ4n) is 2.23. The number of rotatable bonds is 3. The molecule has 0 saturated heterocycles. The summed E-state index contributed by atoms with van der Waals surface area (Å²) in [4.78, 5) is 22.2. The van der Waals surface area contributed by atoms with Gasteiger partial charge in [-0.05, 0) is 23.9 Å². The lowest BCUT2D eigenvalue weighted by atomic mass is 10.1. The Morgan fingerprint density at radius 2 is 2.20 bits per heavy atom. The van der Waals surface area contributed by atoms with Crippen molar-refractivity contribution in [2.45, 2.75) is 13.5 Å². The van der Waals surface area contributed by atoms with Crippen molar-refractivity contribution in [2.75, 3.05) is 7.05 Å². The molecule has 0 radical (unpaired) electrons. The first-order valence-corrected chi connectivity index (χ1v) is 7.20. The molecule has 20 heavy (non-hydrogen) atoms. The molecular formula is C15H15N3OS. The second kappa shape index (κ2) is 5.09. The van der Waals surface area contributed by atoms with Crippen LogP contribution in [0.1, 0.15) is 21.1 Å². The van der Waals surface area contributed by atoms with Gasteiger partial charge in [-0.2, -0.15) is 0 Å². The van der Waals surface area contributed by atoms with Crippen molar-refractivity contribution in [1.82, 2.24) is 14.9 Å². The zero-order valence-corrected chi connectivity index (χ0v) is 12.2. The molecule has 3 aromatic rings. The highest BCUT2D eigenvalue weighted by atomic mass is 32.1. The van der Waals surface area contributed by atoms with Crippen molar-refractivity contribution >= 4 is 27.3 Å². The zero-order chi connectivity index (χ0) is 14.1. The molecule has 1 amide bonds.